The van der Waals surface area contributed by atoms with Crippen LogP contribution in [-0.4, -0.2) is 19.2 Å². The highest BCUT2D eigenvalue weighted by Crippen LogP contribution is 2.17. The van der Waals surface area contributed by atoms with Crippen LogP contribution in [0.3, 0.4) is 0 Å². The molecule has 5 heteroatoms. The topological polar surface area (TPSA) is 35.5 Å². The van der Waals surface area contributed by atoms with Crippen LogP contribution in [0.25, 0.3) is 0 Å². The van der Waals surface area contributed by atoms with Crippen molar-refractivity contribution in [1.82, 2.24) is 0 Å². The first-order valence-electron chi connectivity index (χ1n) is 6.42. The fourth-order valence-corrected chi connectivity index (χ4v) is 2.07. The van der Waals surface area contributed by atoms with Gasteiger partial charge < -0.3 is 9.47 Å². The van der Waals surface area contributed by atoms with Gasteiger partial charge in [0.1, 0.15) is 24.8 Å². The minimum absolute atomic E-state index is 0.122. The van der Waals surface area contributed by atoms with Crippen molar-refractivity contribution in [3.05, 3.63) is 64.4 Å². The molecule has 0 radical (unpaired) electrons. The third-order valence-electron chi connectivity index (χ3n) is 2.67. The molecule has 0 aliphatic heterocycles. The molecule has 0 aromatic heterocycles. The molecule has 0 atom stereocenters. The van der Waals surface area contributed by atoms with Gasteiger partial charge in [0.05, 0.1) is 6.42 Å². The predicted octanol–water partition coefficient (Wildman–Crippen LogP) is 3.75. The van der Waals surface area contributed by atoms with Crippen LogP contribution in [0.2, 0.25) is 0 Å². The molecule has 2 aromatic carbocycles. The van der Waals surface area contributed by atoms with E-state index in [2.05, 4.69) is 15.9 Å². The molecule has 0 saturated heterocycles. The molecule has 2 rings (SSSR count). The van der Waals surface area contributed by atoms with Gasteiger partial charge in [-0.2, -0.15) is 0 Å². The SMILES string of the molecule is O=C(Cc1ccc(F)cc1)OCCOc1cccc(Br)c1. The fraction of sp³-hybridized carbons (Fsp3) is 0.188. The number of hydrogen-bond acceptors (Lipinski definition) is 3. The average molecular weight is 353 g/mol. The van der Waals surface area contributed by atoms with Gasteiger partial charge >= 0.3 is 5.97 Å². The van der Waals surface area contributed by atoms with Gasteiger partial charge in [-0.25, -0.2) is 4.39 Å². The molecule has 0 amide bonds. The van der Waals surface area contributed by atoms with Gasteiger partial charge in [0.2, 0.25) is 0 Å². The van der Waals surface area contributed by atoms with Crippen molar-refractivity contribution in [1.29, 1.82) is 0 Å². The van der Waals surface area contributed by atoms with Crippen LogP contribution in [0.4, 0.5) is 4.39 Å². The van der Waals surface area contributed by atoms with E-state index in [1.54, 1.807) is 12.1 Å². The van der Waals surface area contributed by atoms with Gasteiger partial charge in [0.15, 0.2) is 0 Å². The van der Waals surface area contributed by atoms with Crippen molar-refractivity contribution in [3.63, 3.8) is 0 Å². The number of benzene rings is 2. The third kappa shape index (κ3) is 5.55. The summed E-state index contributed by atoms with van der Waals surface area (Å²) in [5.41, 5.74) is 0.717. The lowest BCUT2D eigenvalue weighted by Crippen LogP contribution is -2.14. The smallest absolute Gasteiger partial charge is 0.310 e. The molecule has 0 aliphatic rings. The van der Waals surface area contributed by atoms with Crippen LogP contribution >= 0.6 is 15.9 Å². The molecule has 0 bridgehead atoms. The lowest BCUT2D eigenvalue weighted by molar-refractivity contribution is -0.143. The molecule has 3 nitrogen and oxygen atoms in total. The number of carbonyl (C=O) groups is 1. The summed E-state index contributed by atoms with van der Waals surface area (Å²) in [4.78, 5) is 11.6. The first-order valence-corrected chi connectivity index (χ1v) is 7.21. The molecule has 0 spiro atoms. The summed E-state index contributed by atoms with van der Waals surface area (Å²) in [6.07, 6.45) is 0.122. The first-order chi connectivity index (χ1) is 10.1. The molecule has 0 unspecified atom stereocenters. The molecule has 21 heavy (non-hydrogen) atoms. The van der Waals surface area contributed by atoms with E-state index in [9.17, 15) is 9.18 Å². The number of ether oxygens (including phenoxy) is 2. The monoisotopic (exact) mass is 352 g/mol. The zero-order valence-corrected chi connectivity index (χ0v) is 12.8. The highest BCUT2D eigenvalue weighted by molar-refractivity contribution is 9.10. The zero-order chi connectivity index (χ0) is 15.1. The van der Waals surface area contributed by atoms with Crippen molar-refractivity contribution in [2.24, 2.45) is 0 Å². The van der Waals surface area contributed by atoms with Crippen LogP contribution in [0.15, 0.2) is 53.0 Å². The van der Waals surface area contributed by atoms with Crippen LogP contribution in [-0.2, 0) is 16.0 Å². The largest absolute Gasteiger partial charge is 0.490 e. The Balaban J connectivity index is 1.68. The summed E-state index contributed by atoms with van der Waals surface area (Å²) in [6, 6.07) is 13.2. The Bertz CT molecular complexity index is 599. The van der Waals surface area contributed by atoms with E-state index in [-0.39, 0.29) is 31.4 Å². The van der Waals surface area contributed by atoms with Gasteiger partial charge in [-0.15, -0.1) is 0 Å². The Morgan fingerprint density at radius 3 is 2.57 bits per heavy atom. The summed E-state index contributed by atoms with van der Waals surface area (Å²) in [6.45, 7) is 0.457. The summed E-state index contributed by atoms with van der Waals surface area (Å²) in [5.74, 6) is 0.0212. The Hall–Kier alpha value is -1.88. The van der Waals surface area contributed by atoms with Crippen LogP contribution in [0, 0.1) is 5.82 Å². The Labute approximate surface area is 130 Å². The van der Waals surface area contributed by atoms with Crippen LogP contribution < -0.4 is 4.74 Å². The number of rotatable bonds is 6. The van der Waals surface area contributed by atoms with Gasteiger partial charge in [0, 0.05) is 4.47 Å². The molecule has 0 heterocycles. The number of esters is 1. The van der Waals surface area contributed by atoms with E-state index in [1.165, 1.54) is 12.1 Å². The second kappa shape index (κ2) is 7.78. The van der Waals surface area contributed by atoms with E-state index in [0.29, 0.717) is 11.3 Å². The lowest BCUT2D eigenvalue weighted by atomic mass is 10.1. The van der Waals surface area contributed by atoms with Crippen LogP contribution in [0.1, 0.15) is 5.56 Å². The maximum Gasteiger partial charge on any atom is 0.310 e. The second-order valence-corrected chi connectivity index (χ2v) is 5.25. The standard InChI is InChI=1S/C16H14BrFO3/c17-13-2-1-3-15(11-13)20-8-9-21-16(19)10-12-4-6-14(18)7-5-12/h1-7,11H,8-10H2. The van der Waals surface area contributed by atoms with E-state index in [0.717, 1.165) is 4.47 Å². The highest BCUT2D eigenvalue weighted by Gasteiger charge is 2.05. The molecule has 0 saturated carbocycles. The summed E-state index contributed by atoms with van der Waals surface area (Å²) >= 11 is 3.34. The van der Waals surface area contributed by atoms with Crippen LogP contribution in [0.5, 0.6) is 5.75 Å². The second-order valence-electron chi connectivity index (χ2n) is 4.33. The fourth-order valence-electron chi connectivity index (χ4n) is 1.69. The zero-order valence-electron chi connectivity index (χ0n) is 11.2. The maximum atomic E-state index is 12.7. The van der Waals surface area contributed by atoms with E-state index in [4.69, 9.17) is 9.47 Å². The molecule has 0 fully saturated rings. The van der Waals surface area contributed by atoms with Crippen molar-refractivity contribution in [2.75, 3.05) is 13.2 Å². The van der Waals surface area contributed by atoms with Crippen molar-refractivity contribution in [2.45, 2.75) is 6.42 Å². The lowest BCUT2D eigenvalue weighted by Gasteiger charge is -2.07. The van der Waals surface area contributed by atoms with Gasteiger partial charge in [-0.3, -0.25) is 4.79 Å². The Kier molecular flexibility index (Phi) is 5.75. The Morgan fingerprint density at radius 2 is 1.86 bits per heavy atom. The summed E-state index contributed by atoms with van der Waals surface area (Å²) < 4.78 is 24.2. The third-order valence-corrected chi connectivity index (χ3v) is 3.17. The van der Waals surface area contributed by atoms with Gasteiger partial charge in [0.25, 0.3) is 0 Å². The predicted molar refractivity (Wildman–Crippen MR) is 80.7 cm³/mol. The molecule has 0 aliphatic carbocycles. The molecular weight excluding hydrogens is 339 g/mol. The molecule has 110 valence electrons. The normalized spacial score (nSPS) is 10.2. The van der Waals surface area contributed by atoms with E-state index in [1.807, 2.05) is 24.3 Å². The van der Waals surface area contributed by atoms with E-state index >= 15 is 0 Å². The van der Waals surface area contributed by atoms with E-state index < -0.39 is 0 Å². The molecule has 0 N–H and O–H groups in total. The van der Waals surface area contributed by atoms with Gasteiger partial charge in [-0.1, -0.05) is 34.1 Å². The van der Waals surface area contributed by atoms with Crippen molar-refractivity contribution >= 4 is 21.9 Å². The number of halogens is 2. The maximum absolute atomic E-state index is 12.7. The molecule has 2 aromatic rings. The van der Waals surface area contributed by atoms with Crippen molar-refractivity contribution < 1.29 is 18.7 Å². The Morgan fingerprint density at radius 1 is 1.10 bits per heavy atom. The highest BCUT2D eigenvalue weighted by atomic mass is 79.9. The quantitative estimate of drug-likeness (QED) is 0.586. The van der Waals surface area contributed by atoms with Gasteiger partial charge in [-0.05, 0) is 35.9 Å². The summed E-state index contributed by atoms with van der Waals surface area (Å²) in [5, 5.41) is 0. The number of carbonyl (C=O) groups excluding carboxylic acids is 1. The molecular formula is C16H14BrFO3. The average Bonchev–Trinajstić information content (AvgIpc) is 2.46. The van der Waals surface area contributed by atoms with Crippen molar-refractivity contribution in [3.8, 4) is 5.75 Å². The number of hydrogen-bond donors (Lipinski definition) is 0. The first kappa shape index (κ1) is 15.5. The summed E-state index contributed by atoms with van der Waals surface area (Å²) in [7, 11) is 0. The minimum atomic E-state index is -0.362. The minimum Gasteiger partial charge on any atom is -0.490 e.